The molecule has 1 atom stereocenters. The fourth-order valence-corrected chi connectivity index (χ4v) is 4.32. The summed E-state index contributed by atoms with van der Waals surface area (Å²) >= 11 is 0. The van der Waals surface area contributed by atoms with Crippen LogP contribution >= 0.6 is 0 Å². The molecule has 1 aliphatic rings. The fraction of sp³-hybridized carbons (Fsp3) is 0.200. The molecule has 5 heteroatoms. The van der Waals surface area contributed by atoms with Crippen LogP contribution in [0.3, 0.4) is 0 Å². The number of carbonyl (C=O) groups excluding carboxylic acids is 2. The molecule has 0 fully saturated rings. The Balaban J connectivity index is 1.67. The Morgan fingerprint density at radius 2 is 1.63 bits per heavy atom. The van der Waals surface area contributed by atoms with Crippen LogP contribution in [0.1, 0.15) is 34.7 Å². The molecule has 3 aromatic rings. The lowest BCUT2D eigenvalue weighted by molar-refractivity contribution is -0.129. The zero-order valence-corrected chi connectivity index (χ0v) is 16.6. The molecule has 30 heavy (non-hydrogen) atoms. The van der Waals surface area contributed by atoms with Crippen molar-refractivity contribution in [3.8, 4) is 11.1 Å². The van der Waals surface area contributed by atoms with Crippen molar-refractivity contribution in [3.05, 3.63) is 95.1 Å². The molecular formula is C25H23FN2O2. The SMILES string of the molecule is NC(=O)C1c2cccc(CCC(=O)F)c2CN1Cc1ccccc1-c1ccccc1. The minimum atomic E-state index is -1.33. The summed E-state index contributed by atoms with van der Waals surface area (Å²) in [6.45, 7) is 1.08. The summed E-state index contributed by atoms with van der Waals surface area (Å²) in [6, 6.07) is 22.0. The molecule has 3 aromatic carbocycles. The van der Waals surface area contributed by atoms with Crippen molar-refractivity contribution in [2.75, 3.05) is 0 Å². The number of carbonyl (C=O) groups is 2. The minimum Gasteiger partial charge on any atom is -0.368 e. The van der Waals surface area contributed by atoms with Crippen molar-refractivity contribution < 1.29 is 14.0 Å². The Morgan fingerprint density at radius 1 is 0.933 bits per heavy atom. The highest BCUT2D eigenvalue weighted by Crippen LogP contribution is 2.38. The molecule has 0 spiro atoms. The summed E-state index contributed by atoms with van der Waals surface area (Å²) in [5.74, 6) is -0.412. The fourth-order valence-electron chi connectivity index (χ4n) is 4.32. The van der Waals surface area contributed by atoms with Gasteiger partial charge in [-0.1, -0.05) is 72.8 Å². The van der Waals surface area contributed by atoms with Crippen LogP contribution in [0.15, 0.2) is 72.8 Å². The molecule has 0 saturated heterocycles. The first-order valence-corrected chi connectivity index (χ1v) is 10.0. The molecular weight excluding hydrogens is 379 g/mol. The van der Waals surface area contributed by atoms with Crippen LogP contribution in [-0.4, -0.2) is 16.8 Å². The van der Waals surface area contributed by atoms with Gasteiger partial charge in [0.2, 0.25) is 5.91 Å². The van der Waals surface area contributed by atoms with Crippen LogP contribution < -0.4 is 5.73 Å². The van der Waals surface area contributed by atoms with E-state index < -0.39 is 18.0 Å². The lowest BCUT2D eigenvalue weighted by Gasteiger charge is -2.24. The van der Waals surface area contributed by atoms with E-state index in [1.54, 1.807) is 0 Å². The predicted octanol–water partition coefficient (Wildman–Crippen LogP) is 4.32. The van der Waals surface area contributed by atoms with Gasteiger partial charge >= 0.3 is 6.04 Å². The second-order valence-electron chi connectivity index (χ2n) is 7.57. The molecule has 2 N–H and O–H groups in total. The highest BCUT2D eigenvalue weighted by molar-refractivity contribution is 5.83. The van der Waals surface area contributed by atoms with Crippen molar-refractivity contribution in [3.63, 3.8) is 0 Å². The molecule has 1 aliphatic heterocycles. The Labute approximate surface area is 175 Å². The Kier molecular flexibility index (Phi) is 5.72. The third-order valence-corrected chi connectivity index (χ3v) is 5.67. The van der Waals surface area contributed by atoms with E-state index in [4.69, 9.17) is 5.73 Å². The van der Waals surface area contributed by atoms with E-state index in [0.29, 0.717) is 19.5 Å². The molecule has 0 bridgehead atoms. The van der Waals surface area contributed by atoms with Gasteiger partial charge < -0.3 is 5.73 Å². The maximum atomic E-state index is 12.8. The first-order valence-electron chi connectivity index (χ1n) is 10.0. The van der Waals surface area contributed by atoms with Crippen LogP contribution in [0, 0.1) is 0 Å². The second kappa shape index (κ2) is 8.59. The number of halogens is 1. The Bertz CT molecular complexity index is 1080. The summed E-state index contributed by atoms with van der Waals surface area (Å²) in [6.07, 6.45) is 0.160. The maximum absolute atomic E-state index is 12.8. The zero-order valence-electron chi connectivity index (χ0n) is 16.6. The maximum Gasteiger partial charge on any atom is 0.301 e. The number of primary amides is 1. The monoisotopic (exact) mass is 402 g/mol. The van der Waals surface area contributed by atoms with Gasteiger partial charge in [-0.05, 0) is 39.8 Å². The smallest absolute Gasteiger partial charge is 0.301 e. The number of hydrogen-bond acceptors (Lipinski definition) is 3. The van der Waals surface area contributed by atoms with Crippen LogP contribution in [0.5, 0.6) is 0 Å². The van der Waals surface area contributed by atoms with Gasteiger partial charge in [0.25, 0.3) is 0 Å². The van der Waals surface area contributed by atoms with Crippen LogP contribution in [0.4, 0.5) is 4.39 Å². The van der Waals surface area contributed by atoms with Crippen molar-refractivity contribution in [2.45, 2.75) is 32.0 Å². The second-order valence-corrected chi connectivity index (χ2v) is 7.57. The number of nitrogens with two attached hydrogens (primary N) is 1. The highest BCUT2D eigenvalue weighted by Gasteiger charge is 2.35. The quantitative estimate of drug-likeness (QED) is 0.599. The number of benzene rings is 3. The van der Waals surface area contributed by atoms with E-state index in [2.05, 4.69) is 29.2 Å². The first kappa shape index (κ1) is 20.0. The Morgan fingerprint density at radius 3 is 2.37 bits per heavy atom. The summed E-state index contributed by atoms with van der Waals surface area (Å²) in [5.41, 5.74) is 11.8. The van der Waals surface area contributed by atoms with Crippen molar-refractivity contribution >= 4 is 11.9 Å². The van der Waals surface area contributed by atoms with Gasteiger partial charge in [0, 0.05) is 19.5 Å². The average Bonchev–Trinajstić information content (AvgIpc) is 3.12. The number of fused-ring (bicyclic) bond motifs is 1. The van der Waals surface area contributed by atoms with E-state index in [1.807, 2.05) is 48.5 Å². The van der Waals surface area contributed by atoms with Gasteiger partial charge in [-0.3, -0.25) is 14.5 Å². The standard InChI is InChI=1S/C25H23FN2O2/c26-23(29)14-13-18-10-6-12-21-22(18)16-28(24(21)25(27)30)15-19-9-4-5-11-20(19)17-7-2-1-3-8-17/h1-12,24H,13-16H2,(H2,27,30). The van der Waals surface area contributed by atoms with Crippen LogP contribution in [0.25, 0.3) is 11.1 Å². The van der Waals surface area contributed by atoms with E-state index in [-0.39, 0.29) is 6.42 Å². The molecule has 4 rings (SSSR count). The molecule has 0 saturated carbocycles. The molecule has 0 aromatic heterocycles. The predicted molar refractivity (Wildman–Crippen MR) is 114 cm³/mol. The molecule has 1 heterocycles. The van der Waals surface area contributed by atoms with Gasteiger partial charge in [0.05, 0.1) is 0 Å². The lowest BCUT2D eigenvalue weighted by Crippen LogP contribution is -2.32. The highest BCUT2D eigenvalue weighted by atomic mass is 19.1. The Hall–Kier alpha value is -3.31. The minimum absolute atomic E-state index is 0.158. The van der Waals surface area contributed by atoms with Gasteiger partial charge in [-0.15, -0.1) is 0 Å². The van der Waals surface area contributed by atoms with Crippen molar-refractivity contribution in [1.82, 2.24) is 4.90 Å². The molecule has 1 amide bonds. The summed E-state index contributed by atoms with van der Waals surface area (Å²) in [5, 5.41) is 0. The number of rotatable bonds is 7. The van der Waals surface area contributed by atoms with Gasteiger partial charge in [-0.2, -0.15) is 4.39 Å². The third-order valence-electron chi connectivity index (χ3n) is 5.67. The molecule has 0 aliphatic carbocycles. The van der Waals surface area contributed by atoms with Crippen LogP contribution in [-0.2, 0) is 29.1 Å². The number of hydrogen-bond donors (Lipinski definition) is 1. The summed E-state index contributed by atoms with van der Waals surface area (Å²) in [4.78, 5) is 25.2. The molecule has 4 nitrogen and oxygen atoms in total. The normalized spacial score (nSPS) is 15.7. The number of nitrogens with zero attached hydrogens (tertiary/aromatic N) is 1. The molecule has 1 unspecified atom stereocenters. The van der Waals surface area contributed by atoms with E-state index >= 15 is 0 Å². The lowest BCUT2D eigenvalue weighted by atomic mass is 9.96. The van der Waals surface area contributed by atoms with E-state index in [1.165, 1.54) is 0 Å². The van der Waals surface area contributed by atoms with Crippen molar-refractivity contribution in [2.24, 2.45) is 5.73 Å². The molecule has 0 radical (unpaired) electrons. The zero-order chi connectivity index (χ0) is 21.1. The average molecular weight is 402 g/mol. The first-order chi connectivity index (χ1) is 14.5. The number of aryl methyl sites for hydroxylation is 1. The number of amides is 1. The summed E-state index contributed by atoms with van der Waals surface area (Å²) < 4.78 is 12.8. The van der Waals surface area contributed by atoms with Gasteiger partial charge in [0.1, 0.15) is 6.04 Å². The topological polar surface area (TPSA) is 63.4 Å². The summed E-state index contributed by atoms with van der Waals surface area (Å²) in [7, 11) is 0. The van der Waals surface area contributed by atoms with Gasteiger partial charge in [0.15, 0.2) is 0 Å². The third kappa shape index (κ3) is 4.02. The molecule has 152 valence electrons. The van der Waals surface area contributed by atoms with Crippen LogP contribution in [0.2, 0.25) is 0 Å². The largest absolute Gasteiger partial charge is 0.368 e. The van der Waals surface area contributed by atoms with E-state index in [0.717, 1.165) is 33.4 Å². The van der Waals surface area contributed by atoms with Gasteiger partial charge in [-0.25, -0.2) is 0 Å². The van der Waals surface area contributed by atoms with Crippen molar-refractivity contribution in [1.29, 1.82) is 0 Å². The van der Waals surface area contributed by atoms with E-state index in [9.17, 15) is 14.0 Å².